The number of hydrogen-bond donors (Lipinski definition) is 0. The second-order valence-electron chi connectivity index (χ2n) is 16.9. The average molecular weight is 714 g/mol. The summed E-state index contributed by atoms with van der Waals surface area (Å²) < 4.78 is 5.31. The predicted octanol–water partition coefficient (Wildman–Crippen LogP) is 17.0. The number of aryl methyl sites for hydroxylation is 2. The van der Waals surface area contributed by atoms with Gasteiger partial charge >= 0.3 is 0 Å². The van der Waals surface area contributed by atoms with Crippen molar-refractivity contribution in [2.45, 2.75) is 297 Å². The first-order chi connectivity index (χ1) is 25.3. The Morgan fingerprint density at radius 1 is 0.333 bits per heavy atom. The van der Waals surface area contributed by atoms with E-state index < -0.39 is 0 Å². The van der Waals surface area contributed by atoms with E-state index in [0.717, 1.165) is 0 Å². The van der Waals surface area contributed by atoms with Crippen LogP contribution < -0.4 is 4.57 Å². The summed E-state index contributed by atoms with van der Waals surface area (Å²) >= 11 is 0. The van der Waals surface area contributed by atoms with Crippen molar-refractivity contribution in [3.8, 4) is 0 Å². The molecule has 0 atom stereocenters. The standard InChI is InChI=1S/C49H97N2/c1-4-7-10-13-16-19-22-25-26-27-28-31-34-37-40-43-46-51-48-47-50(45-42-39-36-33-30-24-21-18-15-12-9-6-3)49(51)44-41-38-35-32-29-23-20-17-14-11-8-5-2/h47-48H,4-46H2,1-3H3/q+1. The smallest absolute Gasteiger partial charge is 0.234 e. The van der Waals surface area contributed by atoms with Crippen LogP contribution in [0.2, 0.25) is 0 Å². The quantitative estimate of drug-likeness (QED) is 0.0471. The van der Waals surface area contributed by atoms with Gasteiger partial charge in [-0.3, -0.25) is 0 Å². The maximum atomic E-state index is 2.66. The molecule has 0 aliphatic carbocycles. The van der Waals surface area contributed by atoms with Gasteiger partial charge in [0.15, 0.2) is 0 Å². The van der Waals surface area contributed by atoms with Gasteiger partial charge in [0, 0.05) is 6.42 Å². The molecular weight excluding hydrogens is 617 g/mol. The van der Waals surface area contributed by atoms with Gasteiger partial charge in [0.05, 0.1) is 13.1 Å². The molecule has 2 heteroatoms. The molecule has 0 radical (unpaired) electrons. The highest BCUT2D eigenvalue weighted by molar-refractivity contribution is 4.84. The molecule has 0 amide bonds. The maximum absolute atomic E-state index is 2.66. The van der Waals surface area contributed by atoms with E-state index >= 15 is 0 Å². The second kappa shape index (κ2) is 40.4. The van der Waals surface area contributed by atoms with Crippen LogP contribution >= 0.6 is 0 Å². The molecule has 0 aliphatic rings. The third-order valence-corrected chi connectivity index (χ3v) is 11.8. The Labute approximate surface area is 323 Å². The summed E-state index contributed by atoms with van der Waals surface area (Å²) in [5.41, 5.74) is 0. The fourth-order valence-electron chi connectivity index (χ4n) is 8.27. The SMILES string of the molecule is CCCCCCCCCCCCCCCCCC[n+]1ccn(CCCCCCCCCCCCCC)c1CCCCCCCCCCCCCC. The minimum atomic E-state index is 1.23. The summed E-state index contributed by atoms with van der Waals surface area (Å²) in [6.45, 7) is 9.42. The lowest BCUT2D eigenvalue weighted by atomic mass is 10.0. The van der Waals surface area contributed by atoms with Gasteiger partial charge in [-0.1, -0.05) is 245 Å². The lowest BCUT2D eigenvalue weighted by Crippen LogP contribution is -2.37. The highest BCUT2D eigenvalue weighted by Crippen LogP contribution is 2.17. The summed E-state index contributed by atoms with van der Waals surface area (Å²) in [4.78, 5) is 0. The van der Waals surface area contributed by atoms with E-state index in [-0.39, 0.29) is 0 Å². The number of unbranched alkanes of at least 4 members (excludes halogenated alkanes) is 37. The normalized spacial score (nSPS) is 11.7. The predicted molar refractivity (Wildman–Crippen MR) is 230 cm³/mol. The highest BCUT2D eigenvalue weighted by Gasteiger charge is 2.16. The Kier molecular flexibility index (Phi) is 38.2. The molecule has 0 unspecified atom stereocenters. The van der Waals surface area contributed by atoms with Crippen molar-refractivity contribution in [1.29, 1.82) is 0 Å². The summed E-state index contributed by atoms with van der Waals surface area (Å²) in [7, 11) is 0. The summed E-state index contributed by atoms with van der Waals surface area (Å²) in [6, 6.07) is 0. The molecule has 0 bridgehead atoms. The average Bonchev–Trinajstić information content (AvgIpc) is 3.53. The number of rotatable bonds is 43. The monoisotopic (exact) mass is 714 g/mol. The Hall–Kier alpha value is -0.790. The molecule has 1 rings (SSSR count). The van der Waals surface area contributed by atoms with Gasteiger partial charge in [-0.25, -0.2) is 9.13 Å². The number of imidazole rings is 1. The number of nitrogens with zero attached hydrogens (tertiary/aromatic N) is 2. The van der Waals surface area contributed by atoms with Crippen LogP contribution in [0.4, 0.5) is 0 Å². The lowest BCUT2D eigenvalue weighted by Gasteiger charge is -2.07. The minimum absolute atomic E-state index is 1.23. The van der Waals surface area contributed by atoms with E-state index in [4.69, 9.17) is 0 Å². The Morgan fingerprint density at radius 3 is 0.941 bits per heavy atom. The van der Waals surface area contributed by atoms with Gasteiger partial charge in [-0.15, -0.1) is 0 Å². The Morgan fingerprint density at radius 2 is 0.608 bits per heavy atom. The van der Waals surface area contributed by atoms with Gasteiger partial charge in [0.1, 0.15) is 12.4 Å². The molecule has 0 saturated heterocycles. The fourth-order valence-corrected chi connectivity index (χ4v) is 8.27. The molecule has 1 heterocycles. The lowest BCUT2D eigenvalue weighted by molar-refractivity contribution is -0.704. The topological polar surface area (TPSA) is 8.81 Å². The molecule has 0 aromatic carbocycles. The van der Waals surface area contributed by atoms with Crippen LogP contribution in [0.25, 0.3) is 0 Å². The van der Waals surface area contributed by atoms with E-state index in [1.807, 2.05) is 0 Å². The zero-order valence-electron chi connectivity index (χ0n) is 36.0. The van der Waals surface area contributed by atoms with Crippen LogP contribution in [-0.2, 0) is 19.5 Å². The van der Waals surface area contributed by atoms with Gasteiger partial charge in [0.2, 0.25) is 0 Å². The van der Waals surface area contributed by atoms with Crippen LogP contribution in [-0.4, -0.2) is 4.57 Å². The van der Waals surface area contributed by atoms with Crippen LogP contribution in [0.3, 0.4) is 0 Å². The molecule has 0 spiro atoms. The molecule has 0 fully saturated rings. The van der Waals surface area contributed by atoms with Crippen LogP contribution in [0.5, 0.6) is 0 Å². The summed E-state index contributed by atoms with van der Waals surface area (Å²) in [6.07, 6.45) is 63.8. The van der Waals surface area contributed by atoms with Crippen molar-refractivity contribution in [3.05, 3.63) is 18.2 Å². The zero-order valence-corrected chi connectivity index (χ0v) is 36.0. The largest absolute Gasteiger partial charge is 0.256 e. The fraction of sp³-hybridized carbons (Fsp3) is 0.939. The zero-order chi connectivity index (χ0) is 36.6. The van der Waals surface area contributed by atoms with Gasteiger partial charge in [-0.2, -0.15) is 0 Å². The van der Waals surface area contributed by atoms with Crippen molar-refractivity contribution in [1.82, 2.24) is 4.57 Å². The Balaban J connectivity index is 2.25. The molecule has 1 aromatic heterocycles. The van der Waals surface area contributed by atoms with Gasteiger partial charge < -0.3 is 0 Å². The third-order valence-electron chi connectivity index (χ3n) is 11.8. The first-order valence-corrected chi connectivity index (χ1v) is 24.4. The number of hydrogen-bond acceptors (Lipinski definition) is 0. The van der Waals surface area contributed by atoms with E-state index in [9.17, 15) is 0 Å². The molecule has 0 N–H and O–H groups in total. The molecule has 302 valence electrons. The van der Waals surface area contributed by atoms with Crippen LogP contribution in [0.15, 0.2) is 12.4 Å². The van der Waals surface area contributed by atoms with Crippen molar-refractivity contribution >= 4 is 0 Å². The van der Waals surface area contributed by atoms with E-state index in [1.54, 1.807) is 5.82 Å². The molecule has 1 aromatic rings. The van der Waals surface area contributed by atoms with Gasteiger partial charge in [0.25, 0.3) is 5.82 Å². The van der Waals surface area contributed by atoms with Crippen molar-refractivity contribution < 1.29 is 4.57 Å². The van der Waals surface area contributed by atoms with Crippen molar-refractivity contribution in [3.63, 3.8) is 0 Å². The first-order valence-electron chi connectivity index (χ1n) is 24.4. The van der Waals surface area contributed by atoms with Crippen molar-refractivity contribution in [2.75, 3.05) is 0 Å². The van der Waals surface area contributed by atoms with Crippen LogP contribution in [0.1, 0.15) is 283 Å². The number of aromatic nitrogens is 2. The maximum Gasteiger partial charge on any atom is 0.256 e. The second-order valence-corrected chi connectivity index (χ2v) is 16.9. The van der Waals surface area contributed by atoms with E-state index in [0.29, 0.717) is 0 Å². The molecular formula is C49H97N2+. The minimum Gasteiger partial charge on any atom is -0.234 e. The van der Waals surface area contributed by atoms with Crippen LogP contribution in [0, 0.1) is 0 Å². The Bertz CT molecular complexity index is 781. The van der Waals surface area contributed by atoms with E-state index in [1.165, 1.54) is 276 Å². The molecule has 0 saturated carbocycles. The summed E-state index contributed by atoms with van der Waals surface area (Å²) in [5.74, 6) is 1.63. The molecule has 2 nitrogen and oxygen atoms in total. The molecule has 51 heavy (non-hydrogen) atoms. The van der Waals surface area contributed by atoms with Gasteiger partial charge in [-0.05, 0) is 32.1 Å². The molecule has 0 aliphatic heterocycles. The highest BCUT2D eigenvalue weighted by atomic mass is 15.1. The third kappa shape index (κ3) is 32.4. The summed E-state index contributed by atoms with van der Waals surface area (Å²) in [5, 5.41) is 0. The first kappa shape index (κ1) is 48.2. The van der Waals surface area contributed by atoms with E-state index in [2.05, 4.69) is 42.3 Å². The van der Waals surface area contributed by atoms with Crippen molar-refractivity contribution in [2.24, 2.45) is 0 Å².